The molecule has 1 atom stereocenters. The van der Waals surface area contributed by atoms with Gasteiger partial charge < -0.3 is 5.11 Å². The first-order valence-corrected chi connectivity index (χ1v) is 7.53. The minimum Gasteiger partial charge on any atom is -0.384 e. The molecule has 1 aromatic heterocycles. The third-order valence-electron chi connectivity index (χ3n) is 2.72. The van der Waals surface area contributed by atoms with Gasteiger partial charge in [0.2, 0.25) is 0 Å². The van der Waals surface area contributed by atoms with E-state index in [0.717, 1.165) is 16.6 Å². The Balaban J connectivity index is 2.42. The van der Waals surface area contributed by atoms with E-state index in [2.05, 4.69) is 36.8 Å². The van der Waals surface area contributed by atoms with E-state index in [1.54, 1.807) is 18.2 Å². The second kappa shape index (κ2) is 6.24. The third kappa shape index (κ3) is 3.77. The summed E-state index contributed by atoms with van der Waals surface area (Å²) in [4.78, 5) is 3.29. The molecular formula is C13H7Br2ClF3NO. The van der Waals surface area contributed by atoms with Crippen LogP contribution in [0.1, 0.15) is 22.9 Å². The predicted molar refractivity (Wildman–Crippen MR) is 80.2 cm³/mol. The Morgan fingerprint density at radius 2 is 1.71 bits per heavy atom. The maximum absolute atomic E-state index is 12.5. The van der Waals surface area contributed by atoms with E-state index in [1.165, 1.54) is 0 Å². The summed E-state index contributed by atoms with van der Waals surface area (Å²) in [6.07, 6.45) is -5.76. The fourth-order valence-electron chi connectivity index (χ4n) is 1.70. The van der Waals surface area contributed by atoms with Crippen LogP contribution in [0.15, 0.2) is 39.3 Å². The number of alkyl halides is 3. The quantitative estimate of drug-likeness (QED) is 0.632. The first-order chi connectivity index (χ1) is 9.70. The van der Waals surface area contributed by atoms with Crippen LogP contribution in [-0.4, -0.2) is 10.1 Å². The third-order valence-corrected chi connectivity index (χ3v) is 4.20. The zero-order chi connectivity index (χ0) is 15.8. The van der Waals surface area contributed by atoms with Crippen molar-refractivity contribution in [2.75, 3.05) is 0 Å². The number of nitrogens with zero attached hydrogens (tertiary/aromatic N) is 1. The molecule has 0 radical (unpaired) electrons. The molecule has 0 spiro atoms. The number of benzene rings is 1. The molecule has 0 aliphatic heterocycles. The highest BCUT2D eigenvalue weighted by Gasteiger charge is 2.33. The maximum Gasteiger partial charge on any atom is 0.433 e. The Morgan fingerprint density at radius 3 is 2.24 bits per heavy atom. The molecule has 0 fully saturated rings. The zero-order valence-corrected chi connectivity index (χ0v) is 14.1. The number of aliphatic hydroxyl groups excluding tert-OH is 1. The van der Waals surface area contributed by atoms with Crippen LogP contribution in [0, 0.1) is 0 Å². The van der Waals surface area contributed by atoms with Crippen molar-refractivity contribution >= 4 is 43.5 Å². The molecule has 0 amide bonds. The van der Waals surface area contributed by atoms with Crippen LogP contribution in [0.5, 0.6) is 0 Å². The van der Waals surface area contributed by atoms with Gasteiger partial charge in [-0.05, 0) is 23.8 Å². The van der Waals surface area contributed by atoms with Gasteiger partial charge in [-0.25, -0.2) is 4.98 Å². The summed E-state index contributed by atoms with van der Waals surface area (Å²) >= 11 is 12.3. The van der Waals surface area contributed by atoms with Crippen molar-refractivity contribution in [1.29, 1.82) is 0 Å². The minimum absolute atomic E-state index is 0.104. The van der Waals surface area contributed by atoms with Crippen LogP contribution in [0.3, 0.4) is 0 Å². The lowest BCUT2D eigenvalue weighted by Crippen LogP contribution is -2.10. The van der Waals surface area contributed by atoms with E-state index in [-0.39, 0.29) is 10.7 Å². The van der Waals surface area contributed by atoms with E-state index in [9.17, 15) is 18.3 Å². The van der Waals surface area contributed by atoms with Gasteiger partial charge >= 0.3 is 6.18 Å². The number of rotatable bonds is 2. The monoisotopic (exact) mass is 443 g/mol. The van der Waals surface area contributed by atoms with Crippen LogP contribution in [-0.2, 0) is 6.18 Å². The van der Waals surface area contributed by atoms with Crippen molar-refractivity contribution in [3.05, 3.63) is 61.3 Å². The van der Waals surface area contributed by atoms with Gasteiger partial charge in [0, 0.05) is 14.5 Å². The summed E-state index contributed by atoms with van der Waals surface area (Å²) in [6, 6.07) is 6.96. The van der Waals surface area contributed by atoms with Gasteiger partial charge in [-0.3, -0.25) is 0 Å². The molecule has 0 aliphatic carbocycles. The summed E-state index contributed by atoms with van der Waals surface area (Å²) in [5, 5.41) is 9.90. The predicted octanol–water partition coefficient (Wildman–Crippen LogP) is 5.36. The molecule has 21 heavy (non-hydrogen) atoms. The molecule has 8 heteroatoms. The minimum atomic E-state index is -4.58. The van der Waals surface area contributed by atoms with Crippen molar-refractivity contribution in [1.82, 2.24) is 4.98 Å². The van der Waals surface area contributed by atoms with Gasteiger partial charge in [0.15, 0.2) is 0 Å². The highest BCUT2D eigenvalue weighted by atomic mass is 79.9. The Hall–Kier alpha value is -0.630. The molecule has 1 unspecified atom stereocenters. The first kappa shape index (κ1) is 16.7. The van der Waals surface area contributed by atoms with Crippen molar-refractivity contribution in [2.45, 2.75) is 12.3 Å². The van der Waals surface area contributed by atoms with E-state index >= 15 is 0 Å². The van der Waals surface area contributed by atoms with E-state index < -0.39 is 18.0 Å². The fraction of sp³-hybridized carbons (Fsp3) is 0.154. The molecular weight excluding hydrogens is 438 g/mol. The van der Waals surface area contributed by atoms with Gasteiger partial charge in [0.25, 0.3) is 0 Å². The Labute approximate surface area is 140 Å². The first-order valence-electron chi connectivity index (χ1n) is 5.57. The van der Waals surface area contributed by atoms with Crippen LogP contribution in [0.25, 0.3) is 0 Å². The van der Waals surface area contributed by atoms with Crippen LogP contribution in [0.4, 0.5) is 13.2 Å². The van der Waals surface area contributed by atoms with Crippen molar-refractivity contribution in [2.24, 2.45) is 0 Å². The average Bonchev–Trinajstić information content (AvgIpc) is 2.36. The van der Waals surface area contributed by atoms with Gasteiger partial charge in [-0.15, -0.1) is 0 Å². The Bertz CT molecular complexity index is 679. The molecule has 1 heterocycles. The van der Waals surface area contributed by atoms with Crippen LogP contribution in [0.2, 0.25) is 5.15 Å². The summed E-state index contributed by atoms with van der Waals surface area (Å²) in [5.41, 5.74) is -0.521. The Kier molecular flexibility index (Phi) is 4.97. The van der Waals surface area contributed by atoms with E-state index in [0.29, 0.717) is 10.0 Å². The maximum atomic E-state index is 12.5. The molecule has 0 saturated heterocycles. The van der Waals surface area contributed by atoms with E-state index in [4.69, 9.17) is 11.6 Å². The molecule has 2 nitrogen and oxygen atoms in total. The lowest BCUT2D eigenvalue weighted by atomic mass is 10.0. The van der Waals surface area contributed by atoms with E-state index in [1.807, 2.05) is 0 Å². The molecule has 1 aromatic carbocycles. The molecule has 2 rings (SSSR count). The van der Waals surface area contributed by atoms with Crippen LogP contribution < -0.4 is 0 Å². The number of halogens is 6. The van der Waals surface area contributed by atoms with Gasteiger partial charge in [-0.2, -0.15) is 13.2 Å². The highest BCUT2D eigenvalue weighted by molar-refractivity contribution is 9.11. The molecule has 0 saturated carbocycles. The van der Waals surface area contributed by atoms with Crippen molar-refractivity contribution in [3.8, 4) is 0 Å². The number of hydrogen-bond acceptors (Lipinski definition) is 2. The van der Waals surface area contributed by atoms with Gasteiger partial charge in [-0.1, -0.05) is 55.6 Å². The van der Waals surface area contributed by atoms with Crippen molar-refractivity contribution < 1.29 is 18.3 Å². The summed E-state index contributed by atoms with van der Waals surface area (Å²) < 4.78 is 39.0. The zero-order valence-electron chi connectivity index (χ0n) is 10.1. The molecule has 0 bridgehead atoms. The molecule has 2 aromatic rings. The summed E-state index contributed by atoms with van der Waals surface area (Å²) in [7, 11) is 0. The smallest absolute Gasteiger partial charge is 0.384 e. The normalized spacial score (nSPS) is 13.3. The highest BCUT2D eigenvalue weighted by Crippen LogP contribution is 2.35. The molecule has 0 aliphatic rings. The van der Waals surface area contributed by atoms with Crippen molar-refractivity contribution in [3.63, 3.8) is 0 Å². The average molecular weight is 445 g/mol. The molecule has 112 valence electrons. The topological polar surface area (TPSA) is 33.1 Å². The number of aliphatic hydroxyl groups is 1. The fourth-order valence-corrected chi connectivity index (χ4v) is 3.22. The lowest BCUT2D eigenvalue weighted by Gasteiger charge is -2.16. The molecule has 1 N–H and O–H groups in total. The second-order valence-corrected chi connectivity index (χ2v) is 6.27. The Morgan fingerprint density at radius 1 is 1.10 bits per heavy atom. The number of pyridine rings is 1. The number of hydrogen-bond donors (Lipinski definition) is 1. The van der Waals surface area contributed by atoms with Crippen LogP contribution >= 0.6 is 43.5 Å². The summed E-state index contributed by atoms with van der Waals surface area (Å²) in [5.74, 6) is 0. The summed E-state index contributed by atoms with van der Waals surface area (Å²) in [6.45, 7) is 0. The standard InChI is InChI=1S/C13H7Br2ClF3NO/c14-6-1-2-7(9(15)5-6)11(21)8-3-4-10(13(17,18)19)20-12(8)16/h1-5,11,21H. The van der Waals surface area contributed by atoms with Gasteiger partial charge in [0.1, 0.15) is 17.0 Å². The van der Waals surface area contributed by atoms with Gasteiger partial charge in [0.05, 0.1) is 0 Å². The SMILES string of the molecule is OC(c1ccc(Br)cc1Br)c1ccc(C(F)(F)F)nc1Cl. The largest absolute Gasteiger partial charge is 0.433 e. The second-order valence-electron chi connectivity index (χ2n) is 4.14. The lowest BCUT2D eigenvalue weighted by molar-refractivity contribution is -0.141. The number of aromatic nitrogens is 1.